The van der Waals surface area contributed by atoms with E-state index in [-0.39, 0.29) is 24.9 Å². The number of esters is 1. The lowest BCUT2D eigenvalue weighted by Gasteiger charge is -2.41. The lowest BCUT2D eigenvalue weighted by atomic mass is 10.0. The highest BCUT2D eigenvalue weighted by Gasteiger charge is 2.42. The van der Waals surface area contributed by atoms with E-state index in [0.29, 0.717) is 29.9 Å². The largest absolute Gasteiger partial charge is 0.465 e. The van der Waals surface area contributed by atoms with Gasteiger partial charge in [-0.25, -0.2) is 9.78 Å². The van der Waals surface area contributed by atoms with Crippen LogP contribution >= 0.6 is 11.3 Å². The van der Waals surface area contributed by atoms with Gasteiger partial charge in [-0.2, -0.15) is 13.2 Å². The number of morpholine rings is 1. The van der Waals surface area contributed by atoms with Gasteiger partial charge in [-0.1, -0.05) is 12.1 Å². The van der Waals surface area contributed by atoms with Gasteiger partial charge in [0.05, 0.1) is 25.8 Å². The average molecular weight is 430 g/mol. The van der Waals surface area contributed by atoms with Crippen LogP contribution in [0.25, 0.3) is 0 Å². The molecule has 0 bridgehead atoms. The Hall–Kier alpha value is -2.01. The van der Waals surface area contributed by atoms with Crippen LogP contribution in [0.15, 0.2) is 29.6 Å². The molecule has 1 aliphatic heterocycles. The van der Waals surface area contributed by atoms with Crippen molar-refractivity contribution in [3.05, 3.63) is 51.5 Å². The van der Waals surface area contributed by atoms with Crippen molar-refractivity contribution in [1.29, 1.82) is 0 Å². The maximum atomic E-state index is 12.8. The van der Waals surface area contributed by atoms with E-state index in [1.807, 2.05) is 24.0 Å². The summed E-state index contributed by atoms with van der Waals surface area (Å²) in [6.07, 6.45) is -3.93. The average Bonchev–Trinajstić information content (AvgIpc) is 3.20. The van der Waals surface area contributed by atoms with Crippen LogP contribution < -0.4 is 0 Å². The zero-order valence-electron chi connectivity index (χ0n) is 15.9. The Morgan fingerprint density at radius 1 is 1.41 bits per heavy atom. The number of rotatable bonds is 5. The zero-order chi connectivity index (χ0) is 21.2. The highest BCUT2D eigenvalue weighted by atomic mass is 32.1. The fourth-order valence-corrected chi connectivity index (χ4v) is 3.96. The Balaban J connectivity index is 1.68. The van der Waals surface area contributed by atoms with Gasteiger partial charge < -0.3 is 14.6 Å². The third-order valence-electron chi connectivity index (χ3n) is 4.81. The van der Waals surface area contributed by atoms with Crippen molar-refractivity contribution in [3.8, 4) is 0 Å². The van der Waals surface area contributed by atoms with Crippen LogP contribution in [0.4, 0.5) is 13.2 Å². The molecule has 0 aliphatic carbocycles. The van der Waals surface area contributed by atoms with E-state index in [9.17, 15) is 23.1 Å². The second-order valence-electron chi connectivity index (χ2n) is 6.88. The predicted molar refractivity (Wildman–Crippen MR) is 99.5 cm³/mol. The molecule has 10 heteroatoms. The predicted octanol–water partition coefficient (Wildman–Crippen LogP) is 3.06. The lowest BCUT2D eigenvalue weighted by molar-refractivity contribution is -0.254. The van der Waals surface area contributed by atoms with E-state index in [1.54, 1.807) is 12.1 Å². The van der Waals surface area contributed by atoms with Crippen LogP contribution in [0, 0.1) is 0 Å². The Labute approximate surface area is 169 Å². The lowest BCUT2D eigenvalue weighted by Crippen LogP contribution is -2.53. The molecule has 2 unspecified atom stereocenters. The van der Waals surface area contributed by atoms with E-state index in [0.717, 1.165) is 5.56 Å². The zero-order valence-corrected chi connectivity index (χ0v) is 16.7. The van der Waals surface area contributed by atoms with Gasteiger partial charge in [0.15, 0.2) is 5.01 Å². The summed E-state index contributed by atoms with van der Waals surface area (Å²) < 4.78 is 48.6. The smallest absolute Gasteiger partial charge is 0.443 e. The highest BCUT2D eigenvalue weighted by molar-refractivity contribution is 7.09. The Morgan fingerprint density at radius 3 is 2.69 bits per heavy atom. The molecule has 1 aromatic carbocycles. The van der Waals surface area contributed by atoms with Crippen molar-refractivity contribution < 1.29 is 32.5 Å². The van der Waals surface area contributed by atoms with E-state index >= 15 is 0 Å². The molecule has 0 amide bonds. The third kappa shape index (κ3) is 4.95. The van der Waals surface area contributed by atoms with Crippen LogP contribution in [0.1, 0.15) is 33.5 Å². The number of carbonyl (C=O) groups is 1. The van der Waals surface area contributed by atoms with Gasteiger partial charge >= 0.3 is 12.1 Å². The molecular formula is C19H21F3N2O4S. The highest BCUT2D eigenvalue weighted by Crippen LogP contribution is 2.36. The first-order valence-electron chi connectivity index (χ1n) is 8.93. The second kappa shape index (κ2) is 8.39. The molecule has 1 aromatic heterocycles. The molecule has 1 N–H and O–H groups in total. The standard InChI is InChI=1S/C19H21F3N2O4S/c1-12(9-13-3-5-14(6-4-13)16(25)27-2)24-7-8-28-18(26,11-24)15-10-29-17(23-15)19(20,21)22/h3-6,10,12,26H,7-9,11H2,1-2H3. The van der Waals surface area contributed by atoms with Gasteiger partial charge in [-0.3, -0.25) is 4.90 Å². The second-order valence-corrected chi connectivity index (χ2v) is 7.74. The SMILES string of the molecule is COC(=O)c1ccc(CC(C)N2CCOC(O)(c3csc(C(F)(F)F)n3)C2)cc1. The van der Waals surface area contributed by atoms with Crippen molar-refractivity contribution in [1.82, 2.24) is 9.88 Å². The minimum Gasteiger partial charge on any atom is -0.465 e. The van der Waals surface area contributed by atoms with Crippen LogP contribution in [0.3, 0.4) is 0 Å². The number of aliphatic hydroxyl groups is 1. The van der Waals surface area contributed by atoms with Crippen molar-refractivity contribution in [2.45, 2.75) is 31.3 Å². The van der Waals surface area contributed by atoms with Crippen molar-refractivity contribution in [3.63, 3.8) is 0 Å². The molecule has 158 valence electrons. The molecule has 6 nitrogen and oxygen atoms in total. The number of β-amino-alcohol motifs (C(OH)–C–C–N with tert-alkyl or cyclic N) is 1. The van der Waals surface area contributed by atoms with Crippen LogP contribution in [-0.4, -0.2) is 53.8 Å². The molecule has 29 heavy (non-hydrogen) atoms. The first kappa shape index (κ1) is 21.7. The summed E-state index contributed by atoms with van der Waals surface area (Å²) in [4.78, 5) is 17.0. The molecule has 0 spiro atoms. The van der Waals surface area contributed by atoms with Gasteiger partial charge in [-0.15, -0.1) is 11.3 Å². The Morgan fingerprint density at radius 2 is 2.10 bits per heavy atom. The molecular weight excluding hydrogens is 409 g/mol. The number of hydrogen-bond donors (Lipinski definition) is 1. The molecule has 0 radical (unpaired) electrons. The van der Waals surface area contributed by atoms with Gasteiger partial charge in [-0.05, 0) is 31.0 Å². The maximum absolute atomic E-state index is 12.8. The number of methoxy groups -OCH3 is 1. The molecule has 3 rings (SSSR count). The number of benzene rings is 1. The summed E-state index contributed by atoms with van der Waals surface area (Å²) in [6, 6.07) is 6.99. The normalized spacial score (nSPS) is 21.7. The van der Waals surface area contributed by atoms with Crippen molar-refractivity contribution in [2.75, 3.05) is 26.8 Å². The number of thiazole rings is 1. The quantitative estimate of drug-likeness (QED) is 0.736. The number of alkyl halides is 3. The molecule has 1 fully saturated rings. The number of carbonyl (C=O) groups excluding carboxylic acids is 1. The summed E-state index contributed by atoms with van der Waals surface area (Å²) in [7, 11) is 1.32. The van der Waals surface area contributed by atoms with Crippen LogP contribution in [0.5, 0.6) is 0 Å². The Bertz CT molecular complexity index is 856. The van der Waals surface area contributed by atoms with Crippen molar-refractivity contribution in [2.24, 2.45) is 0 Å². The molecule has 0 saturated carbocycles. The topological polar surface area (TPSA) is 71.9 Å². The number of hydrogen-bond acceptors (Lipinski definition) is 7. The van der Waals surface area contributed by atoms with Crippen LogP contribution in [-0.2, 0) is 27.9 Å². The van der Waals surface area contributed by atoms with E-state index in [2.05, 4.69) is 9.72 Å². The molecule has 2 heterocycles. The first-order valence-corrected chi connectivity index (χ1v) is 9.81. The van der Waals surface area contributed by atoms with E-state index < -0.39 is 22.9 Å². The monoisotopic (exact) mass is 430 g/mol. The summed E-state index contributed by atoms with van der Waals surface area (Å²) in [6.45, 7) is 2.67. The fraction of sp³-hybridized carbons (Fsp3) is 0.474. The van der Waals surface area contributed by atoms with Crippen LogP contribution in [0.2, 0.25) is 0 Å². The fourth-order valence-electron chi connectivity index (χ4n) is 3.21. The summed E-state index contributed by atoms with van der Waals surface area (Å²) in [5, 5.41) is 11.0. The summed E-state index contributed by atoms with van der Waals surface area (Å²) >= 11 is 0.434. The van der Waals surface area contributed by atoms with Gasteiger partial charge in [0.1, 0.15) is 5.69 Å². The number of halogens is 3. The number of nitrogens with zero attached hydrogens (tertiary/aromatic N) is 2. The number of aromatic nitrogens is 1. The third-order valence-corrected chi connectivity index (χ3v) is 5.70. The Kier molecular flexibility index (Phi) is 6.27. The van der Waals surface area contributed by atoms with E-state index in [4.69, 9.17) is 4.74 Å². The van der Waals surface area contributed by atoms with Gasteiger partial charge in [0, 0.05) is 18.0 Å². The summed E-state index contributed by atoms with van der Waals surface area (Å²) in [5.74, 6) is -2.30. The number of ether oxygens (including phenoxy) is 2. The maximum Gasteiger partial charge on any atom is 0.443 e. The minimum absolute atomic E-state index is 0.00937. The molecule has 1 saturated heterocycles. The molecule has 1 aliphatic rings. The summed E-state index contributed by atoms with van der Waals surface area (Å²) in [5.41, 5.74) is 1.30. The van der Waals surface area contributed by atoms with Gasteiger partial charge in [0.2, 0.25) is 5.79 Å². The van der Waals surface area contributed by atoms with Gasteiger partial charge in [0.25, 0.3) is 0 Å². The molecule has 2 atom stereocenters. The van der Waals surface area contributed by atoms with Crippen molar-refractivity contribution >= 4 is 17.3 Å². The first-order chi connectivity index (χ1) is 13.6. The molecule has 2 aromatic rings. The van der Waals surface area contributed by atoms with E-state index in [1.165, 1.54) is 12.5 Å². The minimum atomic E-state index is -4.56.